The minimum Gasteiger partial charge on any atom is -0.507 e. The SMILES string of the molecule is COC(=O)N1C(=O)[C@@H]2[C@@H](CC(C(C)C)=C3[C@@H](CC/C(=C/c4cc(Br)ccc4O)c4ccccc4)OC[C@@H]32)C1=O. The Morgan fingerprint density at radius 2 is 1.90 bits per heavy atom. The summed E-state index contributed by atoms with van der Waals surface area (Å²) in [4.78, 5) is 39.3. The molecule has 0 spiro atoms. The van der Waals surface area contributed by atoms with Gasteiger partial charge in [0.2, 0.25) is 11.8 Å². The Bertz CT molecular complexity index is 1360. The van der Waals surface area contributed by atoms with E-state index in [0.29, 0.717) is 36.3 Å². The van der Waals surface area contributed by atoms with Crippen molar-refractivity contribution in [2.75, 3.05) is 13.7 Å². The van der Waals surface area contributed by atoms with E-state index in [9.17, 15) is 19.5 Å². The third-order valence-electron chi connectivity index (χ3n) is 8.14. The Labute approximate surface area is 236 Å². The molecule has 2 aliphatic heterocycles. The monoisotopic (exact) mass is 593 g/mol. The number of fused-ring (bicyclic) bond motifs is 3. The lowest BCUT2D eigenvalue weighted by Gasteiger charge is -2.33. The Kier molecular flexibility index (Phi) is 7.78. The third kappa shape index (κ3) is 5.08. The predicted octanol–water partition coefficient (Wildman–Crippen LogP) is 6.21. The van der Waals surface area contributed by atoms with Gasteiger partial charge < -0.3 is 14.6 Å². The topological polar surface area (TPSA) is 93.1 Å². The van der Waals surface area contributed by atoms with Gasteiger partial charge in [-0.1, -0.05) is 65.7 Å². The standard InChI is InChI=1S/C31H32BrNO6/c1-17(2)22-15-23-28(30(36)33(29(23)35)31(37)38-3)24-16-39-26(27(22)24)12-9-19(18-7-5-4-6-8-18)13-20-14-21(32)10-11-25(20)34/h4-8,10-11,13-14,17,23-24,26,28,34H,9,12,15-16H2,1-3H3/b19-13-/t23-,24+,26-,28-/m1/s1. The second-order valence-corrected chi connectivity index (χ2v) is 11.6. The number of rotatable bonds is 6. The maximum atomic E-state index is 13.3. The van der Waals surface area contributed by atoms with Gasteiger partial charge in [0.25, 0.3) is 0 Å². The summed E-state index contributed by atoms with van der Waals surface area (Å²) < 4.78 is 11.9. The van der Waals surface area contributed by atoms with Crippen LogP contribution in [0.4, 0.5) is 4.79 Å². The lowest BCUT2D eigenvalue weighted by molar-refractivity contribution is -0.137. The number of carbonyl (C=O) groups is 3. The molecule has 7 nitrogen and oxygen atoms in total. The molecule has 2 saturated heterocycles. The zero-order valence-electron chi connectivity index (χ0n) is 22.2. The van der Waals surface area contributed by atoms with Crippen LogP contribution in [0.1, 0.15) is 44.2 Å². The Hall–Kier alpha value is -3.23. The highest BCUT2D eigenvalue weighted by atomic mass is 79.9. The fourth-order valence-electron chi connectivity index (χ4n) is 6.30. The van der Waals surface area contributed by atoms with Crippen molar-refractivity contribution in [3.8, 4) is 5.75 Å². The van der Waals surface area contributed by atoms with Crippen LogP contribution in [0.3, 0.4) is 0 Å². The largest absolute Gasteiger partial charge is 0.507 e. The van der Waals surface area contributed by atoms with E-state index in [2.05, 4.69) is 29.8 Å². The van der Waals surface area contributed by atoms with Gasteiger partial charge in [-0.15, -0.1) is 0 Å². The van der Waals surface area contributed by atoms with Crippen LogP contribution in [0.2, 0.25) is 0 Å². The van der Waals surface area contributed by atoms with Crippen molar-refractivity contribution in [2.45, 2.75) is 39.2 Å². The van der Waals surface area contributed by atoms with Gasteiger partial charge in [-0.05, 0) is 66.2 Å². The Morgan fingerprint density at radius 3 is 2.59 bits per heavy atom. The summed E-state index contributed by atoms with van der Waals surface area (Å²) in [5.74, 6) is -2.00. The molecule has 8 heteroatoms. The molecule has 2 aromatic carbocycles. The first-order chi connectivity index (χ1) is 18.7. The lowest BCUT2D eigenvalue weighted by Crippen LogP contribution is -2.38. The number of halogens is 1. The molecular weight excluding hydrogens is 562 g/mol. The van der Waals surface area contributed by atoms with Crippen LogP contribution in [0.5, 0.6) is 5.75 Å². The van der Waals surface area contributed by atoms with E-state index in [-0.39, 0.29) is 23.7 Å². The van der Waals surface area contributed by atoms with Gasteiger partial charge in [0.05, 0.1) is 31.7 Å². The summed E-state index contributed by atoms with van der Waals surface area (Å²) in [5.41, 5.74) is 5.08. The van der Waals surface area contributed by atoms with E-state index >= 15 is 0 Å². The third-order valence-corrected chi connectivity index (χ3v) is 8.63. The van der Waals surface area contributed by atoms with Gasteiger partial charge in [-0.3, -0.25) is 9.59 Å². The van der Waals surface area contributed by atoms with Crippen molar-refractivity contribution in [3.63, 3.8) is 0 Å². The van der Waals surface area contributed by atoms with E-state index in [0.717, 1.165) is 26.8 Å². The summed E-state index contributed by atoms with van der Waals surface area (Å²) >= 11 is 3.49. The molecule has 3 amide bonds. The second-order valence-electron chi connectivity index (χ2n) is 10.7. The minimum atomic E-state index is -0.920. The number of amides is 3. The number of hydrogen-bond acceptors (Lipinski definition) is 6. The number of nitrogens with zero attached hydrogens (tertiary/aromatic N) is 1. The molecule has 2 aromatic rings. The summed E-state index contributed by atoms with van der Waals surface area (Å²) in [5, 5.41) is 10.5. The number of likely N-dealkylation sites (tertiary alicyclic amines) is 1. The zero-order chi connectivity index (χ0) is 27.8. The molecule has 0 aromatic heterocycles. The number of phenols is 1. The second kappa shape index (κ2) is 11.1. The first-order valence-corrected chi connectivity index (χ1v) is 14.0. The van der Waals surface area contributed by atoms with Crippen molar-refractivity contribution in [2.24, 2.45) is 23.7 Å². The molecule has 5 rings (SSSR count). The minimum absolute atomic E-state index is 0.172. The number of allylic oxidation sites excluding steroid dienone is 2. The maximum absolute atomic E-state index is 13.3. The number of phenolic OH excluding ortho intramolecular Hbond substituents is 1. The molecule has 0 saturated carbocycles. The van der Waals surface area contributed by atoms with E-state index in [1.165, 1.54) is 7.11 Å². The van der Waals surface area contributed by atoms with Gasteiger partial charge in [-0.2, -0.15) is 4.90 Å². The molecule has 39 heavy (non-hydrogen) atoms. The molecule has 0 radical (unpaired) electrons. The van der Waals surface area contributed by atoms with Gasteiger partial charge in [-0.25, -0.2) is 4.79 Å². The highest BCUT2D eigenvalue weighted by Gasteiger charge is 2.59. The van der Waals surface area contributed by atoms with Crippen molar-refractivity contribution >= 4 is 45.5 Å². The van der Waals surface area contributed by atoms with Crippen molar-refractivity contribution in [3.05, 3.63) is 75.3 Å². The Balaban J connectivity index is 1.45. The number of ether oxygens (including phenoxy) is 2. The molecule has 0 unspecified atom stereocenters. The smallest absolute Gasteiger partial charge is 0.423 e. The first kappa shape index (κ1) is 27.3. The molecular formula is C31H32BrNO6. The van der Waals surface area contributed by atoms with E-state index in [1.807, 2.05) is 42.5 Å². The fraction of sp³-hybridized carbons (Fsp3) is 0.387. The van der Waals surface area contributed by atoms with Crippen LogP contribution in [-0.2, 0) is 19.1 Å². The number of aromatic hydroxyl groups is 1. The molecule has 2 fully saturated rings. The summed E-state index contributed by atoms with van der Waals surface area (Å²) in [6.45, 7) is 4.53. The van der Waals surface area contributed by atoms with E-state index in [1.54, 1.807) is 12.1 Å². The van der Waals surface area contributed by atoms with E-state index in [4.69, 9.17) is 9.47 Å². The quantitative estimate of drug-likeness (QED) is 0.243. The molecule has 0 bridgehead atoms. The number of hydrogen-bond donors (Lipinski definition) is 1. The van der Waals surface area contributed by atoms with Crippen LogP contribution < -0.4 is 0 Å². The van der Waals surface area contributed by atoms with Gasteiger partial charge in [0.1, 0.15) is 5.75 Å². The van der Waals surface area contributed by atoms with Crippen molar-refractivity contribution in [1.82, 2.24) is 4.90 Å². The molecule has 1 N–H and O–H groups in total. The van der Waals surface area contributed by atoms with Gasteiger partial charge >= 0.3 is 6.09 Å². The maximum Gasteiger partial charge on any atom is 0.423 e. The number of imide groups is 3. The highest BCUT2D eigenvalue weighted by Crippen LogP contribution is 2.51. The molecule has 1 aliphatic carbocycles. The summed E-state index contributed by atoms with van der Waals surface area (Å²) in [7, 11) is 1.18. The first-order valence-electron chi connectivity index (χ1n) is 13.3. The van der Waals surface area contributed by atoms with Crippen LogP contribution in [0.25, 0.3) is 11.6 Å². The van der Waals surface area contributed by atoms with Crippen LogP contribution in [-0.4, -0.2) is 47.7 Å². The summed E-state index contributed by atoms with van der Waals surface area (Å²) in [6, 6.07) is 15.4. The van der Waals surface area contributed by atoms with Crippen LogP contribution >= 0.6 is 15.9 Å². The molecule has 4 atom stereocenters. The predicted molar refractivity (Wildman–Crippen MR) is 150 cm³/mol. The number of carbonyl (C=O) groups excluding carboxylic acids is 3. The zero-order valence-corrected chi connectivity index (χ0v) is 23.8. The average molecular weight is 595 g/mol. The normalized spacial score (nSPS) is 24.8. The highest BCUT2D eigenvalue weighted by molar-refractivity contribution is 9.10. The molecule has 204 valence electrons. The Morgan fingerprint density at radius 1 is 1.15 bits per heavy atom. The van der Waals surface area contributed by atoms with Gasteiger partial charge in [0.15, 0.2) is 0 Å². The van der Waals surface area contributed by atoms with Crippen LogP contribution in [0, 0.1) is 23.7 Å². The summed E-state index contributed by atoms with van der Waals surface area (Å²) in [6.07, 6.45) is 2.68. The van der Waals surface area contributed by atoms with E-state index < -0.39 is 29.7 Å². The molecule has 2 heterocycles. The number of benzene rings is 2. The molecule has 3 aliphatic rings. The van der Waals surface area contributed by atoms with Crippen molar-refractivity contribution in [1.29, 1.82) is 0 Å². The lowest BCUT2D eigenvalue weighted by atomic mass is 9.67. The number of methoxy groups -OCH3 is 1. The fourth-order valence-corrected chi connectivity index (χ4v) is 6.68. The average Bonchev–Trinajstić information content (AvgIpc) is 3.46. The van der Waals surface area contributed by atoms with Gasteiger partial charge in [0, 0.05) is 16.0 Å². The van der Waals surface area contributed by atoms with Crippen molar-refractivity contribution < 1.29 is 29.0 Å². The van der Waals surface area contributed by atoms with Crippen LogP contribution in [0.15, 0.2) is 64.1 Å².